The third kappa shape index (κ3) is 46.5. The van der Waals surface area contributed by atoms with E-state index in [2.05, 4.69) is 26.6 Å². The molecule has 834 valence electrons. The Bertz CT molecular complexity index is 4270. The number of likely N-dealkylation sites (tertiary alicyclic amines) is 1. The summed E-state index contributed by atoms with van der Waals surface area (Å²) in [7, 11) is 7.59. The maximum absolute atomic E-state index is 15.1. The van der Waals surface area contributed by atoms with Crippen molar-refractivity contribution in [2.45, 2.75) is 238 Å². The Morgan fingerprint density at radius 2 is 1.11 bits per heavy atom. The third-order valence-electron chi connectivity index (χ3n) is 24.9. The van der Waals surface area contributed by atoms with E-state index in [0.717, 1.165) is 17.1 Å². The van der Waals surface area contributed by atoms with E-state index in [0.29, 0.717) is 168 Å². The Hall–Kier alpha value is -9.47. The molecule has 3 aliphatic rings. The molecule has 0 aromatic heterocycles. The number of hydrogen-bond acceptors (Lipinski definition) is 35. The fourth-order valence-electron chi connectivity index (χ4n) is 16.8. The lowest BCUT2D eigenvalue weighted by Gasteiger charge is -2.41. The van der Waals surface area contributed by atoms with Crippen LogP contribution in [0.3, 0.4) is 0 Å². The van der Waals surface area contributed by atoms with Crippen molar-refractivity contribution in [2.75, 3.05) is 219 Å². The highest BCUT2D eigenvalue weighted by molar-refractivity contribution is 6.15. The molecule has 2 aromatic carbocycles. The number of aliphatic carboxylic acids is 1. The Morgan fingerprint density at radius 3 is 1.61 bits per heavy atom. The number of carboxylic acids is 1. The second kappa shape index (κ2) is 70.6. The summed E-state index contributed by atoms with van der Waals surface area (Å²) in [6, 6.07) is 7.44. The molecule has 0 spiro atoms. The van der Waals surface area contributed by atoms with Gasteiger partial charge in [0.25, 0.3) is 11.8 Å². The number of aliphatic hydroxyl groups is 4. The predicted octanol–water partition coefficient (Wildman–Crippen LogP) is 4.28. The van der Waals surface area contributed by atoms with Gasteiger partial charge in [0, 0.05) is 105 Å². The SMILES string of the molecule is CC[C@H](C)[C@@H]([C@@H](CC(=O)N1CCC[C@H]1[C@H](OC)[C@@H](C)C(=O)C[C@H](C)[C@@H](O)c1ccccc1)OC)N(C)C(=O)[C@@H](CC(=O)[C@H](C(C)C)N(C)C(=O)OCc1ccc(O[C@@H]2O[C@H](C(=O)O)[C@@H](O)[C@H](O)[C@H]2O)c(NC(=O)CCNC(=O)[C@H](CCCCNC(=O)CCOCCOCCOCCOCCOCCOCCOCCOCCOCCOCCOCCOC)NC(=O)C(CNC(=O)OC(C)(C)C)N2C(=O)C=CC2=O)c1)C(C)C. The number of rotatable bonds is 78. The average Bonchev–Trinajstić information content (AvgIpc) is 1.17. The largest absolute Gasteiger partial charge is 0.479 e. The molecule has 3 heterocycles. The maximum Gasteiger partial charge on any atom is 0.410 e. The molecule has 10 N–H and O–H groups in total. The number of benzene rings is 2. The average molecular weight is 2090 g/mol. The number of aliphatic hydroxyl groups excluding tert-OH is 4. The van der Waals surface area contributed by atoms with Gasteiger partial charge in [0.1, 0.15) is 54.1 Å². The number of imide groups is 1. The van der Waals surface area contributed by atoms with Crippen molar-refractivity contribution in [3.8, 4) is 5.75 Å². The molecule has 10 amide bonds. The first-order chi connectivity index (χ1) is 70.2. The minimum absolute atomic E-state index is 0.0103. The summed E-state index contributed by atoms with van der Waals surface area (Å²) >= 11 is 0. The number of amides is 10. The molecule has 2 saturated heterocycles. The fraction of sp³-hybridized carbons (Fsp3) is 0.735. The molecule has 0 bridgehead atoms. The predicted molar refractivity (Wildman–Crippen MR) is 532 cm³/mol. The molecule has 1 unspecified atom stereocenters. The van der Waals surface area contributed by atoms with E-state index >= 15 is 4.79 Å². The van der Waals surface area contributed by atoms with Gasteiger partial charge in [-0.2, -0.15) is 0 Å². The number of nitrogens with one attached hydrogen (secondary N) is 5. The zero-order valence-corrected chi connectivity index (χ0v) is 88.5. The Labute approximate surface area is 863 Å². The van der Waals surface area contributed by atoms with Gasteiger partial charge in [0.05, 0.1) is 207 Å². The monoisotopic (exact) mass is 2090 g/mol. The molecular weight excluding hydrogens is 1930 g/mol. The van der Waals surface area contributed by atoms with Gasteiger partial charge in [-0.05, 0) is 99.8 Å². The van der Waals surface area contributed by atoms with Crippen molar-refractivity contribution in [1.82, 2.24) is 40.9 Å². The van der Waals surface area contributed by atoms with E-state index in [4.69, 9.17) is 85.3 Å². The lowest BCUT2D eigenvalue weighted by molar-refractivity contribution is -0.271. The summed E-state index contributed by atoms with van der Waals surface area (Å²) in [4.78, 5) is 185. The first kappa shape index (κ1) is 128. The zero-order chi connectivity index (χ0) is 109. The standard InChI is InChI=1S/C102H165N9O36/c1-17-68(6)88(81(131-15)63-86(118)110-36-23-27-76(110)93(132-16)70(8)78(112)60-69(7)89(119)72-24-19-18-20-25-72)108(12)97(125)73(66(2)3)62-79(113)87(67(4)5)109(13)101(129)144-65-71-28-29-80(145-99-92(122)90(120)91(121)94(146-99)98(126)127)75(61-71)106-83(115)32-35-104-95(123)74(107-96(124)77(111-84(116)30-31-85(111)117)64-105-100(128)147-102(9,10)11)26-21-22-34-103-82(114)33-37-133-40-41-135-44-45-137-48-49-139-52-53-141-56-57-143-59-58-142-55-54-140-51-50-138-47-46-136-43-42-134-39-38-130-14/h18-20,24-25,28-31,61,66-70,73-74,76-77,81,87-94,99,119-122H,17,21-23,26-27,32-60,62-65H2,1-16H3,(H,103,114)(H,104,123)(H,105,128)(H,106,115)(H,107,124)(H,126,127)/t68-,69-,70-,73-,74-,76-,77?,81+,87-,88-,89+,90-,91-,92+,93+,94-,99+/m0/s1. The highest BCUT2D eigenvalue weighted by Gasteiger charge is 2.50. The number of carboxylic acid groups (broad SMARTS) is 1. The smallest absolute Gasteiger partial charge is 0.410 e. The van der Waals surface area contributed by atoms with Gasteiger partial charge in [0.15, 0.2) is 11.9 Å². The van der Waals surface area contributed by atoms with Gasteiger partial charge in [0.2, 0.25) is 41.7 Å². The van der Waals surface area contributed by atoms with Crippen molar-refractivity contribution >= 4 is 82.7 Å². The number of nitrogens with zero attached hydrogens (tertiary/aromatic N) is 4. The van der Waals surface area contributed by atoms with Crippen molar-refractivity contribution in [1.29, 1.82) is 0 Å². The molecule has 0 aliphatic carbocycles. The van der Waals surface area contributed by atoms with E-state index in [9.17, 15) is 83.1 Å². The lowest BCUT2D eigenvalue weighted by Crippen LogP contribution is -2.61. The van der Waals surface area contributed by atoms with Crippen LogP contribution in [0.1, 0.15) is 164 Å². The molecule has 45 heteroatoms. The van der Waals surface area contributed by atoms with Crippen LogP contribution < -0.4 is 31.3 Å². The van der Waals surface area contributed by atoms with Crippen molar-refractivity contribution < 1.29 is 173 Å². The van der Waals surface area contributed by atoms with Gasteiger partial charge < -0.3 is 152 Å². The number of Topliss-reactive ketones (excluding diaryl/α,β-unsaturated/α-hetero) is 2. The van der Waals surface area contributed by atoms with Crippen molar-refractivity contribution in [3.05, 3.63) is 71.8 Å². The molecule has 147 heavy (non-hydrogen) atoms. The molecule has 5 rings (SSSR count). The van der Waals surface area contributed by atoms with Crippen LogP contribution in [0.4, 0.5) is 15.3 Å². The summed E-state index contributed by atoms with van der Waals surface area (Å²) in [5.41, 5.74) is -0.405. The number of ether oxygens (including phenoxy) is 18. The molecule has 0 radical (unpaired) electrons. The van der Waals surface area contributed by atoms with E-state index in [1.165, 1.54) is 39.5 Å². The number of alkyl carbamates (subject to hydrolysis) is 1. The minimum Gasteiger partial charge on any atom is -0.479 e. The number of methoxy groups -OCH3 is 3. The zero-order valence-electron chi connectivity index (χ0n) is 88.5. The molecule has 45 nitrogen and oxygen atoms in total. The Balaban J connectivity index is 1.15. The number of hydrogen-bond donors (Lipinski definition) is 10. The van der Waals surface area contributed by atoms with Crippen LogP contribution in [-0.4, -0.2) is 414 Å². The van der Waals surface area contributed by atoms with E-state index in [1.54, 1.807) is 79.3 Å². The summed E-state index contributed by atoms with van der Waals surface area (Å²) in [5, 5.41) is 66.2. The Kier molecular flexibility index (Phi) is 61.4. The van der Waals surface area contributed by atoms with E-state index in [-0.39, 0.29) is 112 Å². The van der Waals surface area contributed by atoms with Crippen LogP contribution in [0.2, 0.25) is 0 Å². The second-order valence-corrected chi connectivity index (χ2v) is 37.9. The Morgan fingerprint density at radius 1 is 0.571 bits per heavy atom. The number of carbonyl (C=O) groups excluding carboxylic acids is 12. The van der Waals surface area contributed by atoms with Crippen LogP contribution in [0.15, 0.2) is 60.7 Å². The topological polar surface area (TPSA) is 562 Å². The number of anilines is 1. The first-order valence-electron chi connectivity index (χ1n) is 50.7. The summed E-state index contributed by atoms with van der Waals surface area (Å²) < 4.78 is 100. The first-order valence-corrected chi connectivity index (χ1v) is 50.7. The van der Waals surface area contributed by atoms with Gasteiger partial charge in [-0.3, -0.25) is 52.8 Å². The quantitative estimate of drug-likeness (QED) is 0.0326. The van der Waals surface area contributed by atoms with Gasteiger partial charge in [-0.15, -0.1) is 0 Å². The van der Waals surface area contributed by atoms with Gasteiger partial charge >= 0.3 is 18.2 Å². The highest BCUT2D eigenvalue weighted by atomic mass is 16.7. The summed E-state index contributed by atoms with van der Waals surface area (Å²) in [5.74, 6) is -11.5. The van der Waals surface area contributed by atoms with Crippen molar-refractivity contribution in [2.24, 2.45) is 35.5 Å². The van der Waals surface area contributed by atoms with Crippen molar-refractivity contribution in [3.63, 3.8) is 0 Å². The number of ketones is 2. The highest BCUT2D eigenvalue weighted by Crippen LogP contribution is 2.36. The molecule has 2 fully saturated rings. The van der Waals surface area contributed by atoms with Gasteiger partial charge in [-0.1, -0.05) is 98.2 Å². The van der Waals surface area contributed by atoms with E-state index in [1.807, 2.05) is 51.1 Å². The summed E-state index contributed by atoms with van der Waals surface area (Å²) in [6.45, 7) is 27.2. The second-order valence-electron chi connectivity index (χ2n) is 37.9. The van der Waals surface area contributed by atoms with Crippen LogP contribution in [-0.2, 0) is 140 Å². The number of likely N-dealkylation sites (N-methyl/N-ethyl adjacent to an activating group) is 2. The fourth-order valence-corrected chi connectivity index (χ4v) is 16.8. The van der Waals surface area contributed by atoms with Gasteiger partial charge in [-0.25, -0.2) is 14.4 Å². The molecule has 2 aromatic rings. The van der Waals surface area contributed by atoms with Crippen LogP contribution >= 0.6 is 0 Å². The van der Waals surface area contributed by atoms with Crippen LogP contribution in [0.25, 0.3) is 0 Å². The summed E-state index contributed by atoms with van der Waals surface area (Å²) in [6.07, 6.45) is -11.8. The third-order valence-corrected chi connectivity index (χ3v) is 24.9. The molecule has 0 saturated carbocycles. The minimum atomic E-state index is -2.12. The molecule has 17 atom stereocenters. The lowest BCUT2D eigenvalue weighted by atomic mass is 9.83. The van der Waals surface area contributed by atoms with Crippen LogP contribution in [0.5, 0.6) is 5.75 Å². The molecule has 3 aliphatic heterocycles. The number of carbonyl (C=O) groups is 13. The molecular formula is C102H165N9O36. The number of unbranched alkanes of at least 4 members (excludes halogenated alkanes) is 1. The maximum atomic E-state index is 15.1. The normalized spacial score (nSPS) is 18.6. The van der Waals surface area contributed by atoms with E-state index < -0.39 is 200 Å². The van der Waals surface area contributed by atoms with Crippen LogP contribution in [0, 0.1) is 35.5 Å².